The van der Waals surface area contributed by atoms with Crippen LogP contribution in [-0.2, 0) is 35.9 Å². The first-order valence-electron chi connectivity index (χ1n) is 10.2. The SMILES string of the molecule is CCc1nn(C)c(CC)c1CC(=O)NC1CC(N(CC(=O)O)CC2CC2)C1. The van der Waals surface area contributed by atoms with E-state index in [-0.39, 0.29) is 24.5 Å². The van der Waals surface area contributed by atoms with Gasteiger partial charge in [-0.3, -0.25) is 19.2 Å². The molecule has 1 aromatic heterocycles. The zero-order valence-corrected chi connectivity index (χ0v) is 16.7. The van der Waals surface area contributed by atoms with E-state index in [1.54, 1.807) is 0 Å². The number of nitrogens with one attached hydrogen (secondary N) is 1. The van der Waals surface area contributed by atoms with Crippen molar-refractivity contribution in [3.8, 4) is 0 Å². The maximum absolute atomic E-state index is 12.5. The lowest BCUT2D eigenvalue weighted by atomic mass is 9.85. The second-order valence-corrected chi connectivity index (χ2v) is 8.04. The highest BCUT2D eigenvalue weighted by Crippen LogP contribution is 2.33. The van der Waals surface area contributed by atoms with E-state index >= 15 is 0 Å². The van der Waals surface area contributed by atoms with E-state index in [9.17, 15) is 9.59 Å². The fourth-order valence-electron chi connectivity index (χ4n) is 4.19. The monoisotopic (exact) mass is 376 g/mol. The molecule has 0 saturated heterocycles. The molecular weight excluding hydrogens is 344 g/mol. The molecule has 7 nitrogen and oxygen atoms in total. The topological polar surface area (TPSA) is 87.5 Å². The zero-order chi connectivity index (χ0) is 19.6. The summed E-state index contributed by atoms with van der Waals surface area (Å²) >= 11 is 0. The minimum absolute atomic E-state index is 0.0443. The number of nitrogens with zero attached hydrogens (tertiary/aromatic N) is 3. The quantitative estimate of drug-likeness (QED) is 0.647. The number of carboxylic acid groups (broad SMARTS) is 1. The third-order valence-electron chi connectivity index (χ3n) is 5.89. The molecule has 2 N–H and O–H groups in total. The molecule has 3 rings (SSSR count). The fourth-order valence-corrected chi connectivity index (χ4v) is 4.19. The van der Waals surface area contributed by atoms with Gasteiger partial charge in [0.1, 0.15) is 0 Å². The normalized spacial score (nSPS) is 21.9. The van der Waals surface area contributed by atoms with Crippen molar-refractivity contribution in [1.29, 1.82) is 0 Å². The molecule has 2 saturated carbocycles. The van der Waals surface area contributed by atoms with Gasteiger partial charge in [0.15, 0.2) is 0 Å². The van der Waals surface area contributed by atoms with Gasteiger partial charge in [-0.15, -0.1) is 0 Å². The Kier molecular flexibility index (Phi) is 6.19. The minimum Gasteiger partial charge on any atom is -0.480 e. The molecule has 2 aliphatic rings. The average molecular weight is 377 g/mol. The highest BCUT2D eigenvalue weighted by atomic mass is 16.4. The maximum atomic E-state index is 12.5. The molecule has 27 heavy (non-hydrogen) atoms. The summed E-state index contributed by atoms with van der Waals surface area (Å²) in [6.07, 6.45) is 6.19. The Balaban J connectivity index is 1.51. The summed E-state index contributed by atoms with van der Waals surface area (Å²) in [4.78, 5) is 25.8. The molecule has 1 aromatic rings. The van der Waals surface area contributed by atoms with E-state index in [0.717, 1.165) is 49.2 Å². The number of hydrogen-bond acceptors (Lipinski definition) is 4. The van der Waals surface area contributed by atoms with Gasteiger partial charge in [-0.1, -0.05) is 13.8 Å². The minimum atomic E-state index is -0.765. The van der Waals surface area contributed by atoms with Crippen LogP contribution in [-0.4, -0.2) is 56.8 Å². The molecule has 0 radical (unpaired) electrons. The molecule has 1 heterocycles. The molecule has 1 amide bonds. The van der Waals surface area contributed by atoms with Crippen LogP contribution in [0, 0.1) is 5.92 Å². The van der Waals surface area contributed by atoms with Crippen molar-refractivity contribution in [2.24, 2.45) is 13.0 Å². The summed E-state index contributed by atoms with van der Waals surface area (Å²) in [7, 11) is 1.94. The third-order valence-corrected chi connectivity index (χ3v) is 5.89. The van der Waals surface area contributed by atoms with Gasteiger partial charge in [-0.25, -0.2) is 0 Å². The Hall–Kier alpha value is -1.89. The van der Waals surface area contributed by atoms with Crippen LogP contribution < -0.4 is 5.32 Å². The first-order chi connectivity index (χ1) is 12.9. The standard InChI is InChI=1S/C20H32N4O3/c1-4-17-16(18(5-2)23(3)22-17)10-19(25)21-14-8-15(9-14)24(12-20(26)27)11-13-6-7-13/h13-15H,4-12H2,1-3H3,(H,21,25)(H,26,27). The number of hydrogen-bond donors (Lipinski definition) is 2. The van der Waals surface area contributed by atoms with Crippen molar-refractivity contribution in [3.05, 3.63) is 17.0 Å². The Morgan fingerprint density at radius 3 is 2.52 bits per heavy atom. The Morgan fingerprint density at radius 1 is 1.26 bits per heavy atom. The number of rotatable bonds is 10. The summed E-state index contributed by atoms with van der Waals surface area (Å²) in [6.45, 7) is 5.15. The van der Waals surface area contributed by atoms with Gasteiger partial charge in [-0.2, -0.15) is 5.10 Å². The van der Waals surface area contributed by atoms with Gasteiger partial charge < -0.3 is 10.4 Å². The van der Waals surface area contributed by atoms with E-state index in [1.807, 2.05) is 11.7 Å². The van der Waals surface area contributed by atoms with Crippen molar-refractivity contribution in [1.82, 2.24) is 20.0 Å². The number of amides is 1. The number of carbonyl (C=O) groups is 2. The van der Waals surface area contributed by atoms with Crippen molar-refractivity contribution in [3.63, 3.8) is 0 Å². The highest BCUT2D eigenvalue weighted by Gasteiger charge is 2.37. The summed E-state index contributed by atoms with van der Waals surface area (Å²) in [5.41, 5.74) is 3.20. The zero-order valence-electron chi connectivity index (χ0n) is 16.7. The molecule has 0 aliphatic heterocycles. The Bertz CT molecular complexity index is 690. The smallest absolute Gasteiger partial charge is 0.317 e. The van der Waals surface area contributed by atoms with Crippen molar-refractivity contribution in [2.75, 3.05) is 13.1 Å². The Labute approximate surface area is 161 Å². The van der Waals surface area contributed by atoms with E-state index < -0.39 is 5.97 Å². The number of carboxylic acids is 1. The molecule has 150 valence electrons. The number of carbonyl (C=O) groups excluding carboxylic acids is 1. The predicted octanol–water partition coefficient (Wildman–Crippen LogP) is 1.53. The van der Waals surface area contributed by atoms with E-state index in [1.165, 1.54) is 12.8 Å². The number of aryl methyl sites for hydroxylation is 2. The molecule has 0 spiro atoms. The molecular formula is C20H32N4O3. The predicted molar refractivity (Wildman–Crippen MR) is 103 cm³/mol. The molecule has 0 unspecified atom stereocenters. The van der Waals surface area contributed by atoms with Crippen molar-refractivity contribution in [2.45, 2.75) is 70.9 Å². The van der Waals surface area contributed by atoms with E-state index in [4.69, 9.17) is 5.11 Å². The first kappa shape index (κ1) is 19.9. The molecule has 2 fully saturated rings. The van der Waals surface area contributed by atoms with Crippen molar-refractivity contribution >= 4 is 11.9 Å². The summed E-state index contributed by atoms with van der Waals surface area (Å²) in [5.74, 6) is -0.0507. The molecule has 0 bridgehead atoms. The van der Waals surface area contributed by atoms with Crippen LogP contribution >= 0.6 is 0 Å². The van der Waals surface area contributed by atoms with Gasteiger partial charge in [-0.05, 0) is 44.4 Å². The lowest BCUT2D eigenvalue weighted by molar-refractivity contribution is -0.140. The second-order valence-electron chi connectivity index (χ2n) is 8.04. The first-order valence-corrected chi connectivity index (χ1v) is 10.2. The van der Waals surface area contributed by atoms with Gasteiger partial charge in [0.2, 0.25) is 5.91 Å². The fraction of sp³-hybridized carbons (Fsp3) is 0.750. The molecule has 2 aliphatic carbocycles. The van der Waals surface area contributed by atoms with Crippen LogP contribution in [0.1, 0.15) is 56.5 Å². The lowest BCUT2D eigenvalue weighted by Gasteiger charge is -2.42. The summed E-state index contributed by atoms with van der Waals surface area (Å²) < 4.78 is 1.89. The molecule has 0 aromatic carbocycles. The van der Waals surface area contributed by atoms with Gasteiger partial charge in [0, 0.05) is 36.9 Å². The van der Waals surface area contributed by atoms with Gasteiger partial charge >= 0.3 is 5.97 Å². The lowest BCUT2D eigenvalue weighted by Crippen LogP contribution is -2.55. The average Bonchev–Trinajstić information content (AvgIpc) is 3.33. The highest BCUT2D eigenvalue weighted by molar-refractivity contribution is 5.79. The summed E-state index contributed by atoms with van der Waals surface area (Å²) in [6, 6.07) is 0.438. The third kappa shape index (κ3) is 4.89. The van der Waals surface area contributed by atoms with Crippen LogP contribution in [0.5, 0.6) is 0 Å². The Morgan fingerprint density at radius 2 is 1.96 bits per heavy atom. The van der Waals surface area contributed by atoms with E-state index in [0.29, 0.717) is 12.3 Å². The number of aliphatic carboxylic acids is 1. The number of aromatic nitrogens is 2. The second kappa shape index (κ2) is 8.42. The van der Waals surface area contributed by atoms with Crippen LogP contribution in [0.25, 0.3) is 0 Å². The maximum Gasteiger partial charge on any atom is 0.317 e. The largest absolute Gasteiger partial charge is 0.480 e. The van der Waals surface area contributed by atoms with Crippen LogP contribution in [0.2, 0.25) is 0 Å². The van der Waals surface area contributed by atoms with Gasteiger partial charge in [0.05, 0.1) is 18.7 Å². The van der Waals surface area contributed by atoms with E-state index in [2.05, 4.69) is 29.2 Å². The molecule has 0 atom stereocenters. The van der Waals surface area contributed by atoms with Crippen LogP contribution in [0.15, 0.2) is 0 Å². The summed E-state index contributed by atoms with van der Waals surface area (Å²) in [5, 5.41) is 16.8. The van der Waals surface area contributed by atoms with Crippen LogP contribution in [0.3, 0.4) is 0 Å². The van der Waals surface area contributed by atoms with Gasteiger partial charge in [0.25, 0.3) is 0 Å². The van der Waals surface area contributed by atoms with Crippen LogP contribution in [0.4, 0.5) is 0 Å². The molecule has 7 heteroatoms. The van der Waals surface area contributed by atoms with Crippen molar-refractivity contribution < 1.29 is 14.7 Å².